The molecule has 182 valence electrons. The third kappa shape index (κ3) is 5.48. The first-order valence-electron chi connectivity index (χ1n) is 11.8. The van der Waals surface area contributed by atoms with Crippen LogP contribution in [0, 0.1) is 0 Å². The number of ether oxygens (including phenoxy) is 1. The molecule has 1 atom stereocenters. The van der Waals surface area contributed by atoms with E-state index in [9.17, 15) is 9.59 Å². The zero-order chi connectivity index (χ0) is 24.9. The summed E-state index contributed by atoms with van der Waals surface area (Å²) in [4.78, 5) is 36.8. The number of amidine groups is 1. The van der Waals surface area contributed by atoms with Gasteiger partial charge in [0.05, 0.1) is 42.6 Å². The Hall–Kier alpha value is -3.39. The Morgan fingerprint density at radius 3 is 2.60 bits per heavy atom. The third-order valence-electron chi connectivity index (χ3n) is 5.95. The number of fused-ring (bicyclic) bond motifs is 1. The fourth-order valence-corrected chi connectivity index (χ4v) is 5.10. The number of nitrogens with one attached hydrogen (secondary N) is 1. The second-order valence-corrected chi connectivity index (χ2v) is 9.55. The lowest BCUT2D eigenvalue weighted by Crippen LogP contribution is -2.38. The molecule has 3 heterocycles. The molecule has 0 spiro atoms. The van der Waals surface area contributed by atoms with Crippen molar-refractivity contribution in [3.8, 4) is 0 Å². The maximum Gasteiger partial charge on any atom is 0.338 e. The number of esters is 1. The average Bonchev–Trinajstić information content (AvgIpc) is 3.24. The van der Waals surface area contributed by atoms with E-state index in [1.165, 1.54) is 17.3 Å². The summed E-state index contributed by atoms with van der Waals surface area (Å²) in [5.74, 6) is -0.113. The maximum absolute atomic E-state index is 13.1. The molecule has 1 aromatic carbocycles. The van der Waals surface area contributed by atoms with Crippen LogP contribution in [0.1, 0.15) is 62.9 Å². The van der Waals surface area contributed by atoms with Gasteiger partial charge in [-0.25, -0.2) is 9.79 Å². The number of thioether (sulfide) groups is 1. The van der Waals surface area contributed by atoms with Crippen molar-refractivity contribution in [2.75, 3.05) is 6.61 Å². The Morgan fingerprint density at radius 2 is 1.94 bits per heavy atom. The van der Waals surface area contributed by atoms with Crippen LogP contribution in [0.15, 0.2) is 76.0 Å². The van der Waals surface area contributed by atoms with Gasteiger partial charge in [-0.15, -0.1) is 0 Å². The van der Waals surface area contributed by atoms with E-state index in [1.807, 2.05) is 35.4 Å². The van der Waals surface area contributed by atoms with Gasteiger partial charge >= 0.3 is 5.97 Å². The number of aliphatic imine (C=N–C) groups is 1. The molecule has 2 aliphatic heterocycles. The highest BCUT2D eigenvalue weighted by molar-refractivity contribution is 8.16. The summed E-state index contributed by atoms with van der Waals surface area (Å²) >= 11 is 1.46. The largest absolute Gasteiger partial charge is 0.463 e. The maximum atomic E-state index is 13.1. The Bertz CT molecular complexity index is 1190. The summed E-state index contributed by atoms with van der Waals surface area (Å²) in [6, 6.07) is 13.5. The van der Waals surface area contributed by atoms with Gasteiger partial charge in [-0.2, -0.15) is 0 Å². The lowest BCUT2D eigenvalue weighted by molar-refractivity contribution is -0.139. The van der Waals surface area contributed by atoms with E-state index in [-0.39, 0.29) is 24.9 Å². The van der Waals surface area contributed by atoms with Crippen LogP contribution in [0.5, 0.6) is 0 Å². The Labute approximate surface area is 210 Å². The number of rotatable bonds is 8. The van der Waals surface area contributed by atoms with Gasteiger partial charge in [0, 0.05) is 11.9 Å². The number of allylic oxidation sites excluding steroid dienone is 1. The first-order valence-corrected chi connectivity index (χ1v) is 12.6. The molecule has 0 saturated carbocycles. The van der Waals surface area contributed by atoms with Crippen molar-refractivity contribution in [2.24, 2.45) is 4.99 Å². The van der Waals surface area contributed by atoms with Gasteiger partial charge in [-0.1, -0.05) is 55.9 Å². The van der Waals surface area contributed by atoms with Gasteiger partial charge in [0.1, 0.15) is 0 Å². The summed E-state index contributed by atoms with van der Waals surface area (Å²) in [5, 5.41) is 5.63. The molecule has 4 rings (SSSR count). The van der Waals surface area contributed by atoms with Crippen LogP contribution in [-0.2, 0) is 20.9 Å². The highest BCUT2D eigenvalue weighted by atomic mass is 32.2. The lowest BCUT2D eigenvalue weighted by Gasteiger charge is -2.36. The molecule has 1 N–H and O–H groups in total. The number of aromatic nitrogens is 1. The molecule has 0 bridgehead atoms. The second kappa shape index (κ2) is 10.9. The fourth-order valence-electron chi connectivity index (χ4n) is 4.14. The molecule has 1 aromatic heterocycles. The minimum Gasteiger partial charge on any atom is -0.463 e. The molecule has 0 radical (unpaired) electrons. The van der Waals surface area contributed by atoms with Crippen molar-refractivity contribution in [3.05, 3.63) is 87.9 Å². The smallest absolute Gasteiger partial charge is 0.338 e. The van der Waals surface area contributed by atoms with Gasteiger partial charge < -0.3 is 15.0 Å². The van der Waals surface area contributed by atoms with Gasteiger partial charge in [-0.05, 0) is 48.4 Å². The average molecular weight is 491 g/mol. The van der Waals surface area contributed by atoms with Crippen LogP contribution in [0.4, 0.5) is 0 Å². The Kier molecular flexibility index (Phi) is 7.70. The highest BCUT2D eigenvalue weighted by Gasteiger charge is 2.41. The molecular formula is C27H30N4O3S. The number of benzene rings is 1. The first-order chi connectivity index (χ1) is 16.9. The molecule has 2 aliphatic rings. The van der Waals surface area contributed by atoms with Crippen LogP contribution in [0.25, 0.3) is 0 Å². The molecule has 35 heavy (non-hydrogen) atoms. The molecule has 0 unspecified atom stereocenters. The monoisotopic (exact) mass is 490 g/mol. The minimum atomic E-state index is -0.424. The van der Waals surface area contributed by atoms with Crippen LogP contribution in [0.3, 0.4) is 0 Å². The van der Waals surface area contributed by atoms with Crippen molar-refractivity contribution < 1.29 is 14.3 Å². The van der Waals surface area contributed by atoms with Gasteiger partial charge in [-0.3, -0.25) is 9.78 Å². The highest BCUT2D eigenvalue weighted by Crippen LogP contribution is 2.45. The molecule has 2 aromatic rings. The van der Waals surface area contributed by atoms with Crippen molar-refractivity contribution in [2.45, 2.75) is 52.6 Å². The van der Waals surface area contributed by atoms with Crippen LogP contribution >= 0.6 is 11.8 Å². The topological polar surface area (TPSA) is 83.9 Å². The number of carbonyl (C=O) groups excluding carboxylic acids is 2. The van der Waals surface area contributed by atoms with E-state index in [0.29, 0.717) is 23.7 Å². The number of hydrogen-bond acceptors (Lipinski definition) is 7. The standard InChI is InChI=1S/C27H30N4O3S/c1-5-34-26(33)24-18(4)30-27-31(25(24)20-11-9-19(10-12-20)17(2)3)22(16-35-27)14-23(32)29-15-21-8-6-7-13-28-21/h6-13,16-17,25H,5,14-15H2,1-4H3,(H,29,32)/t25-/m1/s1. The van der Waals surface area contributed by atoms with E-state index >= 15 is 0 Å². The van der Waals surface area contributed by atoms with E-state index in [0.717, 1.165) is 22.1 Å². The molecular weight excluding hydrogens is 460 g/mol. The summed E-state index contributed by atoms with van der Waals surface area (Å²) < 4.78 is 5.41. The normalized spacial score (nSPS) is 17.2. The van der Waals surface area contributed by atoms with Crippen molar-refractivity contribution in [1.82, 2.24) is 15.2 Å². The second-order valence-electron chi connectivity index (χ2n) is 8.71. The van der Waals surface area contributed by atoms with Crippen molar-refractivity contribution in [1.29, 1.82) is 0 Å². The van der Waals surface area contributed by atoms with Crippen LogP contribution in [-0.4, -0.2) is 33.5 Å². The third-order valence-corrected chi connectivity index (χ3v) is 6.84. The molecule has 0 aliphatic carbocycles. The minimum absolute atomic E-state index is 0.124. The van der Waals surface area contributed by atoms with Crippen molar-refractivity contribution >= 4 is 28.8 Å². The zero-order valence-electron chi connectivity index (χ0n) is 20.4. The summed E-state index contributed by atoms with van der Waals surface area (Å²) in [5.41, 5.74) is 4.88. The van der Waals surface area contributed by atoms with Crippen molar-refractivity contribution in [3.63, 3.8) is 0 Å². The predicted octanol–water partition coefficient (Wildman–Crippen LogP) is 5.05. The number of pyridine rings is 1. The summed E-state index contributed by atoms with van der Waals surface area (Å²) in [7, 11) is 0. The van der Waals surface area contributed by atoms with E-state index in [2.05, 4.69) is 48.4 Å². The summed E-state index contributed by atoms with van der Waals surface area (Å²) in [6.07, 6.45) is 1.86. The molecule has 0 fully saturated rings. The lowest BCUT2D eigenvalue weighted by atomic mass is 9.92. The predicted molar refractivity (Wildman–Crippen MR) is 138 cm³/mol. The number of nitrogens with zero attached hydrogens (tertiary/aromatic N) is 3. The first kappa shape index (κ1) is 24.7. The fraction of sp³-hybridized carbons (Fsp3) is 0.333. The van der Waals surface area contributed by atoms with Gasteiger partial charge in [0.2, 0.25) is 5.91 Å². The van der Waals surface area contributed by atoms with Crippen LogP contribution < -0.4 is 5.32 Å². The number of hydrogen-bond donors (Lipinski definition) is 1. The number of carbonyl (C=O) groups is 2. The quantitative estimate of drug-likeness (QED) is 0.522. The van der Waals surface area contributed by atoms with Gasteiger partial charge in [0.25, 0.3) is 0 Å². The molecule has 7 nitrogen and oxygen atoms in total. The van der Waals surface area contributed by atoms with Crippen LogP contribution in [0.2, 0.25) is 0 Å². The number of amides is 1. The van der Waals surface area contributed by atoms with E-state index < -0.39 is 6.04 Å². The Balaban J connectivity index is 1.62. The SMILES string of the molecule is CCOC(=O)C1=C(C)N=C2SC=C(CC(=O)NCc3ccccn3)N2[C@@H]1c1ccc(C(C)C)cc1. The van der Waals surface area contributed by atoms with Gasteiger partial charge in [0.15, 0.2) is 5.17 Å². The van der Waals surface area contributed by atoms with E-state index in [1.54, 1.807) is 13.1 Å². The van der Waals surface area contributed by atoms with E-state index in [4.69, 9.17) is 9.73 Å². The Morgan fingerprint density at radius 1 is 1.17 bits per heavy atom. The molecule has 0 saturated heterocycles. The molecule has 1 amide bonds. The summed E-state index contributed by atoms with van der Waals surface area (Å²) in [6.45, 7) is 8.56. The molecule has 8 heteroatoms. The zero-order valence-corrected chi connectivity index (χ0v) is 21.3.